The minimum atomic E-state index is -2.83. The second-order valence-electron chi connectivity index (χ2n) is 3.49. The van der Waals surface area contributed by atoms with Crippen molar-refractivity contribution in [1.82, 2.24) is 20.2 Å². The van der Waals surface area contributed by atoms with Crippen molar-refractivity contribution in [2.45, 2.75) is 13.0 Å². The number of hydrogen-bond acceptors (Lipinski definition) is 6. The number of hydrogen-bond donors (Lipinski definition) is 1. The Hall–Kier alpha value is -1.18. The van der Waals surface area contributed by atoms with Gasteiger partial charge in [-0.05, 0) is 22.8 Å². The molecule has 1 saturated heterocycles. The first-order valence-electron chi connectivity index (χ1n) is 4.29. The number of sulfone groups is 1. The van der Waals surface area contributed by atoms with Crippen LogP contribution in [0.4, 0.5) is 5.95 Å². The summed E-state index contributed by atoms with van der Waals surface area (Å²) in [6, 6.07) is 0. The van der Waals surface area contributed by atoms with Crippen LogP contribution in [0.3, 0.4) is 0 Å². The molecule has 0 aromatic carbocycles. The molecular weight excluding hydrogens is 206 g/mol. The molecule has 1 aliphatic rings. The molecule has 2 N–H and O–H groups in total. The maximum atomic E-state index is 11.2. The van der Waals surface area contributed by atoms with Gasteiger partial charge in [0.25, 0.3) is 0 Å². The molecule has 1 fully saturated rings. The van der Waals surface area contributed by atoms with E-state index in [1.807, 2.05) is 0 Å². The van der Waals surface area contributed by atoms with Gasteiger partial charge < -0.3 is 5.73 Å². The van der Waals surface area contributed by atoms with E-state index in [-0.39, 0.29) is 23.4 Å². The van der Waals surface area contributed by atoms with Gasteiger partial charge in [-0.15, -0.1) is 0 Å². The van der Waals surface area contributed by atoms with Crippen LogP contribution in [0.1, 0.15) is 6.42 Å². The van der Waals surface area contributed by atoms with E-state index in [9.17, 15) is 8.42 Å². The molecule has 1 aliphatic heterocycles. The molecule has 2 rings (SSSR count). The summed E-state index contributed by atoms with van der Waals surface area (Å²) in [5, 5.41) is 10.6. The van der Waals surface area contributed by atoms with Crippen molar-refractivity contribution in [1.29, 1.82) is 0 Å². The minimum Gasteiger partial charge on any atom is -0.367 e. The van der Waals surface area contributed by atoms with E-state index in [4.69, 9.17) is 5.73 Å². The van der Waals surface area contributed by atoms with Crippen LogP contribution < -0.4 is 5.73 Å². The molecule has 0 bridgehead atoms. The normalized spacial score (nSPS) is 25.3. The van der Waals surface area contributed by atoms with Gasteiger partial charge >= 0.3 is 0 Å². The third-order valence-corrected chi connectivity index (χ3v) is 4.15. The number of nitrogens with zero attached hydrogens (tertiary/aromatic N) is 4. The summed E-state index contributed by atoms with van der Waals surface area (Å²) < 4.78 is 23.8. The summed E-state index contributed by atoms with van der Waals surface area (Å²) in [4.78, 5) is 0. The molecule has 0 spiro atoms. The van der Waals surface area contributed by atoms with Gasteiger partial charge in [0.2, 0.25) is 5.95 Å². The molecule has 2 heterocycles. The van der Waals surface area contributed by atoms with Crippen LogP contribution in [0.15, 0.2) is 0 Å². The maximum Gasteiger partial charge on any atom is 0.240 e. The molecule has 14 heavy (non-hydrogen) atoms. The highest BCUT2D eigenvalue weighted by molar-refractivity contribution is 7.91. The largest absolute Gasteiger partial charge is 0.367 e. The molecule has 8 heteroatoms. The van der Waals surface area contributed by atoms with Crippen molar-refractivity contribution in [3.8, 4) is 0 Å². The van der Waals surface area contributed by atoms with E-state index in [0.29, 0.717) is 13.0 Å². The third kappa shape index (κ3) is 1.84. The van der Waals surface area contributed by atoms with E-state index < -0.39 is 9.84 Å². The lowest BCUT2D eigenvalue weighted by Crippen LogP contribution is -2.15. The van der Waals surface area contributed by atoms with Crippen molar-refractivity contribution in [2.75, 3.05) is 17.2 Å². The van der Waals surface area contributed by atoms with E-state index in [0.717, 1.165) is 0 Å². The van der Waals surface area contributed by atoms with Crippen molar-refractivity contribution in [3.63, 3.8) is 0 Å². The molecule has 1 aromatic rings. The smallest absolute Gasteiger partial charge is 0.240 e. The summed E-state index contributed by atoms with van der Waals surface area (Å²) in [7, 11) is -2.83. The summed E-state index contributed by atoms with van der Waals surface area (Å²) in [6.07, 6.45) is 0.668. The Morgan fingerprint density at radius 1 is 1.57 bits per heavy atom. The van der Waals surface area contributed by atoms with E-state index >= 15 is 0 Å². The molecule has 0 radical (unpaired) electrons. The maximum absolute atomic E-state index is 11.2. The highest BCUT2D eigenvalue weighted by atomic mass is 32.2. The first kappa shape index (κ1) is 9.38. The van der Waals surface area contributed by atoms with Crippen molar-refractivity contribution >= 4 is 15.8 Å². The van der Waals surface area contributed by atoms with E-state index in [1.165, 1.54) is 4.68 Å². The molecule has 0 amide bonds. The topological polar surface area (TPSA) is 104 Å². The monoisotopic (exact) mass is 217 g/mol. The second-order valence-corrected chi connectivity index (χ2v) is 5.72. The summed E-state index contributed by atoms with van der Waals surface area (Å²) >= 11 is 0. The molecule has 0 saturated carbocycles. The van der Waals surface area contributed by atoms with Crippen LogP contribution >= 0.6 is 0 Å². The zero-order valence-corrected chi connectivity index (χ0v) is 8.31. The predicted molar refractivity (Wildman–Crippen MR) is 49.0 cm³/mol. The van der Waals surface area contributed by atoms with Crippen LogP contribution in [-0.4, -0.2) is 40.1 Å². The van der Waals surface area contributed by atoms with Crippen molar-refractivity contribution in [2.24, 2.45) is 5.92 Å². The molecule has 7 nitrogen and oxygen atoms in total. The van der Waals surface area contributed by atoms with Crippen LogP contribution in [0.5, 0.6) is 0 Å². The number of tetrazole rings is 1. The Balaban J connectivity index is 2.04. The van der Waals surface area contributed by atoms with Crippen LogP contribution in [0.25, 0.3) is 0 Å². The first-order valence-corrected chi connectivity index (χ1v) is 6.11. The standard InChI is InChI=1S/C6H11N5O2S/c7-6-8-9-10-11(6)3-5-1-2-14(12,13)4-5/h5H,1-4H2,(H2,7,8,10). The summed E-state index contributed by atoms with van der Waals surface area (Å²) in [5.41, 5.74) is 5.46. The lowest BCUT2D eigenvalue weighted by Gasteiger charge is -2.06. The molecule has 1 atom stereocenters. The number of anilines is 1. The molecular formula is C6H11N5O2S. The van der Waals surface area contributed by atoms with E-state index in [2.05, 4.69) is 15.5 Å². The van der Waals surface area contributed by atoms with Gasteiger partial charge in [0, 0.05) is 0 Å². The van der Waals surface area contributed by atoms with Gasteiger partial charge in [-0.1, -0.05) is 5.10 Å². The van der Waals surface area contributed by atoms with Crippen LogP contribution in [-0.2, 0) is 16.4 Å². The highest BCUT2D eigenvalue weighted by Crippen LogP contribution is 2.20. The Labute approximate surface area is 81.2 Å². The Kier molecular flexibility index (Phi) is 2.14. The van der Waals surface area contributed by atoms with E-state index in [1.54, 1.807) is 0 Å². The predicted octanol–water partition coefficient (Wildman–Crippen LogP) is -1.31. The Bertz CT molecular complexity index is 425. The highest BCUT2D eigenvalue weighted by Gasteiger charge is 2.28. The SMILES string of the molecule is Nc1nnnn1CC1CCS(=O)(=O)C1. The lowest BCUT2D eigenvalue weighted by atomic mass is 10.1. The Morgan fingerprint density at radius 3 is 2.86 bits per heavy atom. The summed E-state index contributed by atoms with van der Waals surface area (Å²) in [6.45, 7) is 0.484. The average Bonchev–Trinajstić information content (AvgIpc) is 2.61. The zero-order valence-electron chi connectivity index (χ0n) is 7.50. The molecule has 78 valence electrons. The van der Waals surface area contributed by atoms with Gasteiger partial charge in [-0.3, -0.25) is 0 Å². The van der Waals surface area contributed by atoms with Crippen molar-refractivity contribution in [3.05, 3.63) is 0 Å². The number of nitrogens with two attached hydrogens (primary N) is 1. The Morgan fingerprint density at radius 2 is 2.36 bits per heavy atom. The van der Waals surface area contributed by atoms with Gasteiger partial charge in [0.15, 0.2) is 9.84 Å². The fraction of sp³-hybridized carbons (Fsp3) is 0.833. The second kappa shape index (κ2) is 3.19. The molecule has 1 unspecified atom stereocenters. The zero-order chi connectivity index (χ0) is 10.2. The van der Waals surface area contributed by atoms with Gasteiger partial charge in [0.1, 0.15) is 0 Å². The van der Waals surface area contributed by atoms with Gasteiger partial charge in [-0.2, -0.15) is 0 Å². The number of aromatic nitrogens is 4. The first-order chi connectivity index (χ1) is 6.57. The third-order valence-electron chi connectivity index (χ3n) is 2.32. The lowest BCUT2D eigenvalue weighted by molar-refractivity contribution is 0.453. The number of rotatable bonds is 2. The molecule has 1 aromatic heterocycles. The van der Waals surface area contributed by atoms with Gasteiger partial charge in [0.05, 0.1) is 18.1 Å². The molecule has 0 aliphatic carbocycles. The average molecular weight is 217 g/mol. The van der Waals surface area contributed by atoms with Crippen LogP contribution in [0.2, 0.25) is 0 Å². The van der Waals surface area contributed by atoms with Crippen molar-refractivity contribution < 1.29 is 8.42 Å². The number of nitrogen functional groups attached to an aromatic ring is 1. The quantitative estimate of drug-likeness (QED) is 0.659. The summed E-state index contributed by atoms with van der Waals surface area (Å²) in [5.74, 6) is 0.798. The van der Waals surface area contributed by atoms with Crippen LogP contribution in [0, 0.1) is 5.92 Å². The van der Waals surface area contributed by atoms with Gasteiger partial charge in [-0.25, -0.2) is 13.1 Å². The minimum absolute atomic E-state index is 0.0887. The fourth-order valence-corrected chi connectivity index (χ4v) is 3.45. The fourth-order valence-electron chi connectivity index (χ4n) is 1.60.